The van der Waals surface area contributed by atoms with E-state index in [2.05, 4.69) is 30.7 Å². The van der Waals surface area contributed by atoms with Crippen LogP contribution in [0.3, 0.4) is 0 Å². The number of rotatable bonds is 5. The number of anilines is 2. The van der Waals surface area contributed by atoms with Crippen LogP contribution in [0.25, 0.3) is 11.2 Å². The number of benzene rings is 1. The molecule has 9 heteroatoms. The average Bonchev–Trinajstić information content (AvgIpc) is 3.08. The molecule has 0 saturated heterocycles. The molecule has 30 heavy (non-hydrogen) atoms. The van der Waals surface area contributed by atoms with E-state index in [0.29, 0.717) is 33.8 Å². The van der Waals surface area contributed by atoms with Crippen LogP contribution in [-0.4, -0.2) is 30.6 Å². The summed E-state index contributed by atoms with van der Waals surface area (Å²) in [4.78, 5) is 25.3. The lowest BCUT2D eigenvalue weighted by Gasteiger charge is -2.16. The lowest BCUT2D eigenvalue weighted by Crippen LogP contribution is -2.14. The lowest BCUT2D eigenvalue weighted by molar-refractivity contribution is 0.102. The second-order valence-electron chi connectivity index (χ2n) is 7.08. The molecule has 0 aliphatic carbocycles. The smallest absolute Gasteiger partial charge is 0.257 e. The van der Waals surface area contributed by atoms with Gasteiger partial charge in [0, 0.05) is 25.1 Å². The SMILES string of the molecule is Cc1cncc(C(=O)Nc2cc(F)cc([C@H](C)Nc3cnc4cnn(C)c4n3)c2)c1. The Bertz CT molecular complexity index is 1240. The van der Waals surface area contributed by atoms with Crippen LogP contribution in [0.5, 0.6) is 0 Å². The van der Waals surface area contributed by atoms with Gasteiger partial charge in [-0.1, -0.05) is 0 Å². The van der Waals surface area contributed by atoms with E-state index in [1.54, 1.807) is 42.5 Å². The van der Waals surface area contributed by atoms with Gasteiger partial charge in [-0.15, -0.1) is 0 Å². The molecule has 0 unspecified atom stereocenters. The minimum Gasteiger partial charge on any atom is -0.362 e. The number of carbonyl (C=O) groups is 1. The normalized spacial score (nSPS) is 12.0. The van der Waals surface area contributed by atoms with Crippen molar-refractivity contribution in [3.8, 4) is 0 Å². The van der Waals surface area contributed by atoms with Crippen LogP contribution in [-0.2, 0) is 7.05 Å². The predicted molar refractivity (Wildman–Crippen MR) is 112 cm³/mol. The van der Waals surface area contributed by atoms with Crippen LogP contribution in [0.2, 0.25) is 0 Å². The van der Waals surface area contributed by atoms with E-state index in [1.807, 2.05) is 13.8 Å². The van der Waals surface area contributed by atoms with Crippen molar-refractivity contribution in [2.24, 2.45) is 7.05 Å². The fraction of sp³-hybridized carbons (Fsp3) is 0.190. The van der Waals surface area contributed by atoms with Gasteiger partial charge in [0.05, 0.1) is 24.0 Å². The van der Waals surface area contributed by atoms with Crippen LogP contribution in [0, 0.1) is 12.7 Å². The number of halogens is 1. The molecule has 4 aromatic rings. The van der Waals surface area contributed by atoms with Crippen molar-refractivity contribution in [1.29, 1.82) is 0 Å². The Morgan fingerprint density at radius 1 is 1.13 bits per heavy atom. The molecule has 0 spiro atoms. The van der Waals surface area contributed by atoms with E-state index in [4.69, 9.17) is 0 Å². The number of aryl methyl sites for hydroxylation is 2. The predicted octanol–water partition coefficient (Wildman–Crippen LogP) is 3.63. The summed E-state index contributed by atoms with van der Waals surface area (Å²) in [6, 6.07) is 5.85. The van der Waals surface area contributed by atoms with Crippen molar-refractivity contribution < 1.29 is 9.18 Å². The van der Waals surface area contributed by atoms with Gasteiger partial charge < -0.3 is 10.6 Å². The molecule has 0 bridgehead atoms. The molecule has 1 atom stereocenters. The Labute approximate surface area is 172 Å². The summed E-state index contributed by atoms with van der Waals surface area (Å²) in [6.45, 7) is 3.73. The first-order valence-electron chi connectivity index (χ1n) is 9.34. The largest absolute Gasteiger partial charge is 0.362 e. The number of nitrogens with one attached hydrogen (secondary N) is 2. The molecule has 1 amide bonds. The van der Waals surface area contributed by atoms with E-state index in [9.17, 15) is 9.18 Å². The first kappa shape index (κ1) is 19.4. The van der Waals surface area contributed by atoms with E-state index in [0.717, 1.165) is 5.56 Å². The molecular formula is C21H20FN7O. The minimum atomic E-state index is -0.452. The van der Waals surface area contributed by atoms with Crippen molar-refractivity contribution in [2.75, 3.05) is 10.6 Å². The van der Waals surface area contributed by atoms with Gasteiger partial charge in [-0.25, -0.2) is 19.0 Å². The first-order chi connectivity index (χ1) is 14.4. The van der Waals surface area contributed by atoms with Crippen LogP contribution in [0.4, 0.5) is 15.9 Å². The number of amides is 1. The molecular weight excluding hydrogens is 385 g/mol. The number of nitrogens with zero attached hydrogens (tertiary/aromatic N) is 5. The number of carbonyl (C=O) groups excluding carboxylic acids is 1. The number of hydrogen-bond acceptors (Lipinski definition) is 6. The molecule has 4 rings (SSSR count). The quantitative estimate of drug-likeness (QED) is 0.526. The summed E-state index contributed by atoms with van der Waals surface area (Å²) in [5.41, 5.74) is 3.62. The first-order valence-corrected chi connectivity index (χ1v) is 9.34. The van der Waals surface area contributed by atoms with Gasteiger partial charge in [0.25, 0.3) is 5.91 Å². The van der Waals surface area contributed by atoms with Crippen molar-refractivity contribution in [3.63, 3.8) is 0 Å². The Hall–Kier alpha value is -3.88. The third kappa shape index (κ3) is 4.09. The summed E-state index contributed by atoms with van der Waals surface area (Å²) >= 11 is 0. The highest BCUT2D eigenvalue weighted by Crippen LogP contribution is 2.23. The van der Waals surface area contributed by atoms with E-state index in [1.165, 1.54) is 18.3 Å². The standard InChI is InChI=1S/C21H20FN7O/c1-12-4-15(9-23-8-12)21(30)27-17-6-14(5-16(22)7-17)13(2)26-19-11-24-18-10-25-29(3)20(18)28-19/h4-11,13H,1-3H3,(H,26,28)(H,27,30)/t13-/m0/s1. The highest BCUT2D eigenvalue weighted by Gasteiger charge is 2.13. The van der Waals surface area contributed by atoms with E-state index < -0.39 is 5.82 Å². The average molecular weight is 405 g/mol. The Morgan fingerprint density at radius 3 is 2.77 bits per heavy atom. The fourth-order valence-electron chi connectivity index (χ4n) is 3.11. The molecule has 3 heterocycles. The van der Waals surface area contributed by atoms with E-state index in [-0.39, 0.29) is 11.9 Å². The summed E-state index contributed by atoms with van der Waals surface area (Å²) in [5.74, 6) is -0.262. The highest BCUT2D eigenvalue weighted by molar-refractivity contribution is 6.04. The van der Waals surface area contributed by atoms with Crippen molar-refractivity contribution in [3.05, 3.63) is 71.6 Å². The summed E-state index contributed by atoms with van der Waals surface area (Å²) < 4.78 is 15.9. The fourth-order valence-corrected chi connectivity index (χ4v) is 3.11. The maximum absolute atomic E-state index is 14.2. The third-order valence-corrected chi connectivity index (χ3v) is 4.62. The zero-order valence-corrected chi connectivity index (χ0v) is 16.7. The van der Waals surface area contributed by atoms with E-state index >= 15 is 0 Å². The number of fused-ring (bicyclic) bond motifs is 1. The number of pyridine rings is 1. The Kier molecular flexibility index (Phi) is 5.09. The summed E-state index contributed by atoms with van der Waals surface area (Å²) in [5, 5.41) is 10.1. The number of hydrogen-bond donors (Lipinski definition) is 2. The van der Waals surface area contributed by atoms with Crippen molar-refractivity contribution in [1.82, 2.24) is 24.7 Å². The molecule has 1 aromatic carbocycles. The lowest BCUT2D eigenvalue weighted by atomic mass is 10.1. The highest BCUT2D eigenvalue weighted by atomic mass is 19.1. The minimum absolute atomic E-state index is 0.281. The second-order valence-corrected chi connectivity index (χ2v) is 7.08. The van der Waals surface area contributed by atoms with Gasteiger partial charge in [-0.05, 0) is 49.2 Å². The molecule has 152 valence electrons. The second kappa shape index (κ2) is 7.86. The molecule has 0 fully saturated rings. The molecule has 0 aliphatic rings. The van der Waals surface area contributed by atoms with Crippen molar-refractivity contribution in [2.45, 2.75) is 19.9 Å². The van der Waals surface area contributed by atoms with Gasteiger partial charge in [-0.2, -0.15) is 5.10 Å². The molecule has 8 nitrogen and oxygen atoms in total. The molecule has 2 N–H and O–H groups in total. The zero-order valence-electron chi connectivity index (χ0n) is 16.7. The molecule has 0 aliphatic heterocycles. The zero-order chi connectivity index (χ0) is 21.3. The van der Waals surface area contributed by atoms with Crippen LogP contribution >= 0.6 is 0 Å². The maximum atomic E-state index is 14.2. The van der Waals surface area contributed by atoms with Crippen LogP contribution in [0.15, 0.2) is 49.1 Å². The Balaban J connectivity index is 1.54. The maximum Gasteiger partial charge on any atom is 0.257 e. The van der Waals surface area contributed by atoms with Gasteiger partial charge in [0.2, 0.25) is 0 Å². The van der Waals surface area contributed by atoms with Crippen molar-refractivity contribution >= 4 is 28.6 Å². The van der Waals surface area contributed by atoms with Crippen LogP contribution < -0.4 is 10.6 Å². The summed E-state index contributed by atoms with van der Waals surface area (Å²) in [6.07, 6.45) is 6.38. The molecule has 3 aromatic heterocycles. The van der Waals surface area contributed by atoms with Gasteiger partial charge in [0.15, 0.2) is 5.65 Å². The van der Waals surface area contributed by atoms with Crippen LogP contribution in [0.1, 0.15) is 34.5 Å². The number of aromatic nitrogens is 5. The Morgan fingerprint density at radius 2 is 1.97 bits per heavy atom. The third-order valence-electron chi connectivity index (χ3n) is 4.62. The monoisotopic (exact) mass is 405 g/mol. The van der Waals surface area contributed by atoms with Gasteiger partial charge in [-0.3, -0.25) is 9.78 Å². The van der Waals surface area contributed by atoms with Gasteiger partial charge >= 0.3 is 0 Å². The van der Waals surface area contributed by atoms with Gasteiger partial charge in [0.1, 0.15) is 17.2 Å². The molecule has 0 saturated carbocycles. The topological polar surface area (TPSA) is 97.6 Å². The molecule has 0 radical (unpaired) electrons. The summed E-state index contributed by atoms with van der Waals surface area (Å²) in [7, 11) is 1.79.